The maximum atomic E-state index is 5.34. The topological polar surface area (TPSA) is 46.2 Å². The lowest BCUT2D eigenvalue weighted by Crippen LogP contribution is -2.47. The van der Waals surface area contributed by atoms with Crippen LogP contribution in [0.2, 0.25) is 0 Å². The third-order valence-corrected chi connectivity index (χ3v) is 3.11. The molecular formula is C10H18O5. The molecule has 1 heterocycles. The standard InChI is InChI=1S/C10H18O5/c1-2-9-5-3-4-6-10(9)14-12-7-11-8-13-15-10/h9H,2-8H2,1H3. The molecule has 0 aromatic rings. The average Bonchev–Trinajstić information content (AvgIpc) is 2.24. The number of ether oxygens (including phenoxy) is 1. The Morgan fingerprint density at radius 3 is 2.53 bits per heavy atom. The van der Waals surface area contributed by atoms with E-state index in [9.17, 15) is 0 Å². The molecule has 0 aromatic heterocycles. The van der Waals surface area contributed by atoms with Crippen molar-refractivity contribution in [2.45, 2.75) is 44.8 Å². The Bertz CT molecular complexity index is 188. The molecule has 88 valence electrons. The molecule has 1 saturated heterocycles. The second-order valence-corrected chi connectivity index (χ2v) is 4.00. The molecular weight excluding hydrogens is 200 g/mol. The zero-order chi connectivity index (χ0) is 10.6. The molecule has 0 radical (unpaired) electrons. The van der Waals surface area contributed by atoms with Gasteiger partial charge in [0.25, 0.3) is 0 Å². The summed E-state index contributed by atoms with van der Waals surface area (Å²) in [7, 11) is 0. The molecule has 5 nitrogen and oxygen atoms in total. The molecule has 5 heteroatoms. The molecule has 1 saturated carbocycles. The predicted molar refractivity (Wildman–Crippen MR) is 50.1 cm³/mol. The SMILES string of the molecule is CCC1CCCCC12OOCOCOO2. The van der Waals surface area contributed by atoms with Gasteiger partial charge in [-0.3, -0.25) is 0 Å². The van der Waals surface area contributed by atoms with E-state index in [2.05, 4.69) is 6.92 Å². The van der Waals surface area contributed by atoms with Gasteiger partial charge < -0.3 is 4.74 Å². The second-order valence-electron chi connectivity index (χ2n) is 4.00. The fourth-order valence-corrected chi connectivity index (χ4v) is 2.28. The molecule has 2 rings (SSSR count). The van der Waals surface area contributed by atoms with E-state index in [1.54, 1.807) is 0 Å². The third-order valence-electron chi connectivity index (χ3n) is 3.11. The van der Waals surface area contributed by atoms with E-state index >= 15 is 0 Å². The molecule has 1 aliphatic heterocycles. The smallest absolute Gasteiger partial charge is 0.236 e. The first-order valence-electron chi connectivity index (χ1n) is 5.56. The van der Waals surface area contributed by atoms with Crippen molar-refractivity contribution < 1.29 is 24.3 Å². The first-order valence-corrected chi connectivity index (χ1v) is 5.56. The summed E-state index contributed by atoms with van der Waals surface area (Å²) >= 11 is 0. The maximum absolute atomic E-state index is 5.34. The molecule has 0 N–H and O–H groups in total. The van der Waals surface area contributed by atoms with Crippen LogP contribution in [0, 0.1) is 5.92 Å². The van der Waals surface area contributed by atoms with Gasteiger partial charge in [0.15, 0.2) is 13.6 Å². The summed E-state index contributed by atoms with van der Waals surface area (Å²) in [5.41, 5.74) is 0. The van der Waals surface area contributed by atoms with E-state index < -0.39 is 5.79 Å². The quantitative estimate of drug-likeness (QED) is 0.631. The zero-order valence-electron chi connectivity index (χ0n) is 9.07. The Labute approximate surface area is 89.4 Å². The van der Waals surface area contributed by atoms with Crippen LogP contribution in [-0.4, -0.2) is 19.4 Å². The molecule has 15 heavy (non-hydrogen) atoms. The van der Waals surface area contributed by atoms with Crippen LogP contribution in [0.3, 0.4) is 0 Å². The molecule has 0 aromatic carbocycles. The fraction of sp³-hybridized carbons (Fsp3) is 1.00. The van der Waals surface area contributed by atoms with Gasteiger partial charge in [-0.1, -0.05) is 13.3 Å². The Hall–Kier alpha value is -0.200. The first-order chi connectivity index (χ1) is 7.37. The van der Waals surface area contributed by atoms with Gasteiger partial charge in [-0.05, 0) is 19.3 Å². The molecule has 2 aliphatic rings. The lowest BCUT2D eigenvalue weighted by Gasteiger charge is -2.40. The van der Waals surface area contributed by atoms with Gasteiger partial charge in [0, 0.05) is 12.3 Å². The molecule has 1 unspecified atom stereocenters. The van der Waals surface area contributed by atoms with Crippen molar-refractivity contribution in [3.05, 3.63) is 0 Å². The highest BCUT2D eigenvalue weighted by molar-refractivity contribution is 4.81. The van der Waals surface area contributed by atoms with Crippen molar-refractivity contribution >= 4 is 0 Å². The molecule has 1 aliphatic carbocycles. The van der Waals surface area contributed by atoms with E-state index in [0.29, 0.717) is 5.92 Å². The molecule has 0 amide bonds. The Balaban J connectivity index is 2.04. The van der Waals surface area contributed by atoms with Gasteiger partial charge in [0.05, 0.1) is 0 Å². The van der Waals surface area contributed by atoms with Crippen molar-refractivity contribution in [3.8, 4) is 0 Å². The van der Waals surface area contributed by atoms with Crippen LogP contribution < -0.4 is 0 Å². The molecule has 2 fully saturated rings. The number of hydrogen-bond donors (Lipinski definition) is 0. The van der Waals surface area contributed by atoms with Crippen molar-refractivity contribution in [2.24, 2.45) is 5.92 Å². The first kappa shape index (κ1) is 11.3. The van der Waals surface area contributed by atoms with Crippen LogP contribution in [0.4, 0.5) is 0 Å². The maximum Gasteiger partial charge on any atom is 0.236 e. The molecule has 1 spiro atoms. The zero-order valence-corrected chi connectivity index (χ0v) is 9.07. The van der Waals surface area contributed by atoms with Gasteiger partial charge in [0.1, 0.15) is 0 Å². The lowest BCUT2D eigenvalue weighted by atomic mass is 9.82. The summed E-state index contributed by atoms with van der Waals surface area (Å²) in [4.78, 5) is 20.6. The number of hydrogen-bond acceptors (Lipinski definition) is 5. The monoisotopic (exact) mass is 218 g/mol. The normalized spacial score (nSPS) is 32.2. The van der Waals surface area contributed by atoms with Crippen LogP contribution in [0.15, 0.2) is 0 Å². The van der Waals surface area contributed by atoms with Gasteiger partial charge >= 0.3 is 0 Å². The molecule has 1 atom stereocenters. The van der Waals surface area contributed by atoms with Gasteiger partial charge in [-0.25, -0.2) is 9.78 Å². The van der Waals surface area contributed by atoms with E-state index in [0.717, 1.165) is 25.7 Å². The van der Waals surface area contributed by atoms with Crippen LogP contribution in [-0.2, 0) is 24.3 Å². The van der Waals surface area contributed by atoms with Crippen molar-refractivity contribution in [3.63, 3.8) is 0 Å². The van der Waals surface area contributed by atoms with Crippen LogP contribution in [0.5, 0.6) is 0 Å². The van der Waals surface area contributed by atoms with Gasteiger partial charge in [0.2, 0.25) is 5.79 Å². The average molecular weight is 218 g/mol. The summed E-state index contributed by atoms with van der Waals surface area (Å²) in [6, 6.07) is 0. The Morgan fingerprint density at radius 1 is 1.13 bits per heavy atom. The van der Waals surface area contributed by atoms with E-state index in [1.807, 2.05) is 0 Å². The summed E-state index contributed by atoms with van der Waals surface area (Å²) < 4.78 is 4.88. The highest BCUT2D eigenvalue weighted by atomic mass is 17.3. The summed E-state index contributed by atoms with van der Waals surface area (Å²) in [6.45, 7) is 2.29. The van der Waals surface area contributed by atoms with Crippen LogP contribution in [0.25, 0.3) is 0 Å². The highest BCUT2D eigenvalue weighted by Crippen LogP contribution is 2.40. The minimum absolute atomic E-state index is 0.0849. The predicted octanol–water partition coefficient (Wildman–Crippen LogP) is 2.12. The van der Waals surface area contributed by atoms with Crippen molar-refractivity contribution in [1.29, 1.82) is 0 Å². The summed E-state index contributed by atoms with van der Waals surface area (Å²) in [5.74, 6) is -0.402. The van der Waals surface area contributed by atoms with Crippen molar-refractivity contribution in [1.82, 2.24) is 0 Å². The lowest BCUT2D eigenvalue weighted by molar-refractivity contribution is -0.568. The van der Waals surface area contributed by atoms with E-state index in [-0.39, 0.29) is 13.6 Å². The fourth-order valence-electron chi connectivity index (χ4n) is 2.28. The minimum Gasteiger partial charge on any atom is -0.323 e. The van der Waals surface area contributed by atoms with Gasteiger partial charge in [-0.2, -0.15) is 9.78 Å². The van der Waals surface area contributed by atoms with E-state index in [4.69, 9.17) is 24.3 Å². The third kappa shape index (κ3) is 2.49. The van der Waals surface area contributed by atoms with E-state index in [1.165, 1.54) is 6.42 Å². The largest absolute Gasteiger partial charge is 0.323 e. The van der Waals surface area contributed by atoms with Crippen molar-refractivity contribution in [2.75, 3.05) is 13.6 Å². The number of rotatable bonds is 1. The second kappa shape index (κ2) is 5.23. The Morgan fingerprint density at radius 2 is 1.87 bits per heavy atom. The van der Waals surface area contributed by atoms with Crippen LogP contribution in [0.1, 0.15) is 39.0 Å². The molecule has 0 bridgehead atoms. The van der Waals surface area contributed by atoms with Gasteiger partial charge in [-0.15, -0.1) is 0 Å². The van der Waals surface area contributed by atoms with Crippen LogP contribution >= 0.6 is 0 Å². The minimum atomic E-state index is -0.725. The highest BCUT2D eigenvalue weighted by Gasteiger charge is 2.45. The summed E-state index contributed by atoms with van der Waals surface area (Å²) in [5, 5.41) is 0. The summed E-state index contributed by atoms with van der Waals surface area (Å²) in [6.07, 6.45) is 5.18. The Kier molecular flexibility index (Phi) is 3.93.